The second-order valence-electron chi connectivity index (χ2n) is 5.63. The van der Waals surface area contributed by atoms with Crippen LogP contribution in [0.4, 0.5) is 14.9 Å². The number of hydrogen-bond donors (Lipinski definition) is 2. The van der Waals surface area contributed by atoms with Crippen molar-refractivity contribution in [2.45, 2.75) is 16.3 Å². The molecule has 0 saturated heterocycles. The SMILES string of the molecule is O=C(NCc1cccnc1)Nc1ccc(S(=O)(=O)c2ccccc2F)cc1. The second kappa shape index (κ2) is 7.96. The van der Waals surface area contributed by atoms with Crippen LogP contribution in [0.25, 0.3) is 0 Å². The predicted molar refractivity (Wildman–Crippen MR) is 98.4 cm³/mol. The summed E-state index contributed by atoms with van der Waals surface area (Å²) in [5.74, 6) is -0.811. The molecule has 0 aliphatic carbocycles. The van der Waals surface area contributed by atoms with Crippen LogP contribution in [0.3, 0.4) is 0 Å². The maximum absolute atomic E-state index is 13.8. The standard InChI is InChI=1S/C19H16FN3O3S/c20-17-5-1-2-6-18(17)27(25,26)16-9-7-15(8-10-16)23-19(24)22-13-14-4-3-11-21-12-14/h1-12H,13H2,(H2,22,23,24). The number of hydrogen-bond acceptors (Lipinski definition) is 4. The third-order valence-corrected chi connectivity index (χ3v) is 5.53. The number of rotatable bonds is 5. The first-order chi connectivity index (χ1) is 13.0. The molecule has 1 aromatic heterocycles. The van der Waals surface area contributed by atoms with Crippen molar-refractivity contribution in [2.75, 3.05) is 5.32 Å². The van der Waals surface area contributed by atoms with E-state index in [1.165, 1.54) is 42.5 Å². The van der Waals surface area contributed by atoms with Crippen LogP contribution in [0.5, 0.6) is 0 Å². The van der Waals surface area contributed by atoms with Gasteiger partial charge in [0.25, 0.3) is 0 Å². The van der Waals surface area contributed by atoms with Crippen molar-refractivity contribution >= 4 is 21.6 Å². The van der Waals surface area contributed by atoms with Gasteiger partial charge >= 0.3 is 6.03 Å². The Labute approximate surface area is 156 Å². The average molecular weight is 385 g/mol. The molecule has 0 bridgehead atoms. The normalized spacial score (nSPS) is 11.0. The largest absolute Gasteiger partial charge is 0.334 e. The smallest absolute Gasteiger partial charge is 0.319 e. The van der Waals surface area contributed by atoms with Crippen LogP contribution >= 0.6 is 0 Å². The summed E-state index contributed by atoms with van der Waals surface area (Å²) in [6, 6.07) is 13.9. The molecule has 0 saturated carbocycles. The zero-order valence-corrected chi connectivity index (χ0v) is 14.9. The van der Waals surface area contributed by atoms with Crippen molar-refractivity contribution in [1.29, 1.82) is 0 Å². The Balaban J connectivity index is 1.67. The maximum Gasteiger partial charge on any atom is 0.319 e. The number of sulfone groups is 1. The number of carbonyl (C=O) groups excluding carboxylic acids is 1. The molecule has 0 fully saturated rings. The molecular weight excluding hydrogens is 369 g/mol. The van der Waals surface area contributed by atoms with Gasteiger partial charge in [0.1, 0.15) is 10.7 Å². The minimum atomic E-state index is -3.97. The lowest BCUT2D eigenvalue weighted by Gasteiger charge is -2.09. The Bertz CT molecular complexity index is 1040. The molecule has 0 atom stereocenters. The summed E-state index contributed by atoms with van der Waals surface area (Å²) in [6.07, 6.45) is 3.28. The first-order valence-electron chi connectivity index (χ1n) is 8.00. The highest BCUT2D eigenvalue weighted by atomic mass is 32.2. The number of urea groups is 1. The summed E-state index contributed by atoms with van der Waals surface area (Å²) in [4.78, 5) is 15.4. The van der Waals surface area contributed by atoms with E-state index in [1.807, 2.05) is 6.07 Å². The van der Waals surface area contributed by atoms with E-state index in [2.05, 4.69) is 15.6 Å². The Morgan fingerprint density at radius 2 is 1.74 bits per heavy atom. The van der Waals surface area contributed by atoms with Gasteiger partial charge in [-0.1, -0.05) is 18.2 Å². The van der Waals surface area contributed by atoms with Gasteiger partial charge in [0.2, 0.25) is 9.84 Å². The van der Waals surface area contributed by atoms with E-state index in [1.54, 1.807) is 18.5 Å². The molecule has 0 unspecified atom stereocenters. The van der Waals surface area contributed by atoms with E-state index < -0.39 is 21.7 Å². The zero-order valence-electron chi connectivity index (χ0n) is 14.1. The molecule has 138 valence electrons. The van der Waals surface area contributed by atoms with Crippen molar-refractivity contribution < 1.29 is 17.6 Å². The molecule has 0 aliphatic heterocycles. The van der Waals surface area contributed by atoms with E-state index in [4.69, 9.17) is 0 Å². The number of pyridine rings is 1. The van der Waals surface area contributed by atoms with Crippen LogP contribution in [0.15, 0.2) is 82.8 Å². The molecule has 0 radical (unpaired) electrons. The van der Waals surface area contributed by atoms with Crippen molar-refractivity contribution in [3.8, 4) is 0 Å². The van der Waals surface area contributed by atoms with Gasteiger partial charge in [-0.3, -0.25) is 4.98 Å². The topological polar surface area (TPSA) is 88.2 Å². The monoisotopic (exact) mass is 385 g/mol. The molecule has 2 amide bonds. The van der Waals surface area contributed by atoms with Crippen LogP contribution in [-0.2, 0) is 16.4 Å². The highest BCUT2D eigenvalue weighted by Crippen LogP contribution is 2.24. The molecule has 0 spiro atoms. The number of aromatic nitrogens is 1. The first-order valence-corrected chi connectivity index (χ1v) is 9.48. The summed E-state index contributed by atoms with van der Waals surface area (Å²) in [5, 5.41) is 5.27. The fraction of sp³-hybridized carbons (Fsp3) is 0.0526. The van der Waals surface area contributed by atoms with Gasteiger partial charge in [-0.2, -0.15) is 0 Å². The average Bonchev–Trinajstić information content (AvgIpc) is 2.68. The summed E-state index contributed by atoms with van der Waals surface area (Å²) in [7, 11) is -3.97. The highest BCUT2D eigenvalue weighted by molar-refractivity contribution is 7.91. The number of nitrogens with one attached hydrogen (secondary N) is 2. The van der Waals surface area contributed by atoms with Crippen LogP contribution in [0.1, 0.15) is 5.56 Å². The Morgan fingerprint density at radius 1 is 1.00 bits per heavy atom. The number of halogens is 1. The third-order valence-electron chi connectivity index (χ3n) is 3.72. The van der Waals surface area contributed by atoms with Crippen LogP contribution in [0, 0.1) is 5.82 Å². The van der Waals surface area contributed by atoms with Crippen molar-refractivity contribution in [2.24, 2.45) is 0 Å². The Morgan fingerprint density at radius 3 is 2.41 bits per heavy atom. The molecule has 3 aromatic rings. The first kappa shape index (κ1) is 18.5. The maximum atomic E-state index is 13.8. The predicted octanol–water partition coefficient (Wildman–Crippen LogP) is 3.38. The molecule has 3 rings (SSSR count). The molecular formula is C19H16FN3O3S. The summed E-state index contributed by atoms with van der Waals surface area (Å²) < 4.78 is 38.8. The van der Waals surface area contributed by atoms with E-state index in [9.17, 15) is 17.6 Å². The van der Waals surface area contributed by atoms with Gasteiger partial charge in [0.05, 0.1) is 4.90 Å². The van der Waals surface area contributed by atoms with Crippen molar-refractivity contribution in [3.63, 3.8) is 0 Å². The quantitative estimate of drug-likeness (QED) is 0.705. The number of carbonyl (C=O) groups is 1. The molecule has 27 heavy (non-hydrogen) atoms. The second-order valence-corrected chi connectivity index (χ2v) is 7.55. The summed E-state index contributed by atoms with van der Waals surface area (Å²) in [5.41, 5.74) is 1.25. The molecule has 8 heteroatoms. The van der Waals surface area contributed by atoms with Gasteiger partial charge in [-0.05, 0) is 48.0 Å². The van der Waals surface area contributed by atoms with E-state index >= 15 is 0 Å². The van der Waals surface area contributed by atoms with E-state index in [0.717, 1.165) is 11.6 Å². The molecule has 2 N–H and O–H groups in total. The van der Waals surface area contributed by atoms with Crippen LogP contribution < -0.4 is 10.6 Å². The molecule has 0 aliphatic rings. The van der Waals surface area contributed by atoms with Gasteiger partial charge in [-0.15, -0.1) is 0 Å². The lowest BCUT2D eigenvalue weighted by molar-refractivity contribution is 0.251. The van der Waals surface area contributed by atoms with E-state index in [-0.39, 0.29) is 9.79 Å². The number of amides is 2. The molecule has 1 heterocycles. The van der Waals surface area contributed by atoms with Gasteiger partial charge < -0.3 is 10.6 Å². The minimum absolute atomic E-state index is 0.0612. The van der Waals surface area contributed by atoms with Gasteiger partial charge in [-0.25, -0.2) is 17.6 Å². The zero-order chi connectivity index (χ0) is 19.3. The Hall–Kier alpha value is -3.26. The fourth-order valence-electron chi connectivity index (χ4n) is 2.37. The fourth-order valence-corrected chi connectivity index (χ4v) is 3.70. The van der Waals surface area contributed by atoms with Crippen molar-refractivity contribution in [3.05, 3.63) is 84.4 Å². The Kier molecular flexibility index (Phi) is 5.46. The lowest BCUT2D eigenvalue weighted by atomic mass is 10.3. The summed E-state index contributed by atoms with van der Waals surface area (Å²) in [6.45, 7) is 0.305. The number of nitrogens with zero attached hydrogens (tertiary/aromatic N) is 1. The van der Waals surface area contributed by atoms with Gasteiger partial charge in [0.15, 0.2) is 0 Å². The van der Waals surface area contributed by atoms with Crippen LogP contribution in [0.2, 0.25) is 0 Å². The van der Waals surface area contributed by atoms with Crippen molar-refractivity contribution in [1.82, 2.24) is 10.3 Å². The highest BCUT2D eigenvalue weighted by Gasteiger charge is 2.21. The molecule has 6 nitrogen and oxygen atoms in total. The summed E-state index contributed by atoms with van der Waals surface area (Å²) >= 11 is 0. The minimum Gasteiger partial charge on any atom is -0.334 e. The van der Waals surface area contributed by atoms with Crippen LogP contribution in [-0.4, -0.2) is 19.4 Å². The van der Waals surface area contributed by atoms with E-state index in [0.29, 0.717) is 12.2 Å². The third kappa shape index (κ3) is 4.48. The van der Waals surface area contributed by atoms with Gasteiger partial charge in [0, 0.05) is 24.6 Å². The number of anilines is 1. The lowest BCUT2D eigenvalue weighted by Crippen LogP contribution is -2.28. The molecule has 2 aromatic carbocycles. The number of benzene rings is 2.